The van der Waals surface area contributed by atoms with Gasteiger partial charge in [0.25, 0.3) is 0 Å². The van der Waals surface area contributed by atoms with Gasteiger partial charge in [0.1, 0.15) is 29.9 Å². The minimum Gasteiger partial charge on any atom is -0.508 e. The number of hydrogen-bond donors (Lipinski definition) is 9. The molecule has 13 nitrogen and oxygen atoms in total. The number of aliphatic hydroxyl groups is 2. The SMILES string of the molecule is NCCCCC(NC(=O)C(CO)NC(=O)C(N)CO)C(=O)NC(Cc1ccc(O)cc1)C(=O)O. The van der Waals surface area contributed by atoms with Crippen LogP contribution in [0.2, 0.25) is 0 Å². The van der Waals surface area contributed by atoms with Crippen molar-refractivity contribution in [1.82, 2.24) is 16.0 Å². The second-order valence-electron chi connectivity index (χ2n) is 7.65. The molecule has 0 saturated heterocycles. The van der Waals surface area contributed by atoms with Crippen LogP contribution in [0.25, 0.3) is 0 Å². The molecule has 0 aliphatic heterocycles. The molecular formula is C21H33N5O8. The van der Waals surface area contributed by atoms with Gasteiger partial charge in [0, 0.05) is 6.42 Å². The molecule has 34 heavy (non-hydrogen) atoms. The molecule has 190 valence electrons. The predicted octanol–water partition coefficient (Wildman–Crippen LogP) is -3.09. The molecule has 1 aromatic carbocycles. The van der Waals surface area contributed by atoms with E-state index in [-0.39, 0.29) is 18.6 Å². The Balaban J connectivity index is 2.92. The number of benzene rings is 1. The van der Waals surface area contributed by atoms with Gasteiger partial charge in [-0.05, 0) is 43.5 Å². The first kappa shape index (κ1) is 28.8. The Bertz CT molecular complexity index is 820. The van der Waals surface area contributed by atoms with Gasteiger partial charge in [-0.15, -0.1) is 0 Å². The third kappa shape index (κ3) is 9.70. The van der Waals surface area contributed by atoms with Crippen LogP contribution in [0.15, 0.2) is 24.3 Å². The Labute approximate surface area is 196 Å². The van der Waals surface area contributed by atoms with Gasteiger partial charge in [-0.3, -0.25) is 14.4 Å². The van der Waals surface area contributed by atoms with Crippen LogP contribution in [0, 0.1) is 0 Å². The number of phenolic OH excluding ortho intramolecular Hbond substituents is 1. The number of amides is 3. The van der Waals surface area contributed by atoms with E-state index < -0.39 is 61.1 Å². The number of hydrogen-bond acceptors (Lipinski definition) is 9. The summed E-state index contributed by atoms with van der Waals surface area (Å²) in [6.07, 6.45) is 1.04. The highest BCUT2D eigenvalue weighted by Crippen LogP contribution is 2.12. The molecule has 0 bridgehead atoms. The van der Waals surface area contributed by atoms with Gasteiger partial charge >= 0.3 is 5.97 Å². The zero-order chi connectivity index (χ0) is 25.7. The quantitative estimate of drug-likeness (QED) is 0.114. The van der Waals surface area contributed by atoms with Gasteiger partial charge in [0.2, 0.25) is 17.7 Å². The van der Waals surface area contributed by atoms with E-state index in [2.05, 4.69) is 16.0 Å². The van der Waals surface area contributed by atoms with E-state index in [0.717, 1.165) is 0 Å². The van der Waals surface area contributed by atoms with Crippen LogP contribution < -0.4 is 27.4 Å². The lowest BCUT2D eigenvalue weighted by molar-refractivity contribution is -0.142. The fraction of sp³-hybridized carbons (Fsp3) is 0.524. The third-order valence-corrected chi connectivity index (χ3v) is 4.92. The Morgan fingerprint density at radius 2 is 1.38 bits per heavy atom. The minimum absolute atomic E-state index is 0.00724. The molecule has 0 aliphatic carbocycles. The Hall–Kier alpha value is -3.26. The predicted molar refractivity (Wildman–Crippen MR) is 120 cm³/mol. The second kappa shape index (κ2) is 14.8. The Kier molecular flexibility index (Phi) is 12.5. The summed E-state index contributed by atoms with van der Waals surface area (Å²) in [4.78, 5) is 49.0. The van der Waals surface area contributed by atoms with Crippen LogP contribution in [0.4, 0.5) is 0 Å². The van der Waals surface area contributed by atoms with Crippen LogP contribution in [-0.2, 0) is 25.6 Å². The van der Waals surface area contributed by atoms with E-state index in [1.54, 1.807) is 0 Å². The highest BCUT2D eigenvalue weighted by molar-refractivity contribution is 5.94. The van der Waals surface area contributed by atoms with E-state index in [4.69, 9.17) is 16.6 Å². The number of carboxylic acid groups (broad SMARTS) is 1. The van der Waals surface area contributed by atoms with E-state index in [0.29, 0.717) is 24.9 Å². The molecule has 0 aromatic heterocycles. The number of nitrogens with one attached hydrogen (secondary N) is 3. The summed E-state index contributed by atoms with van der Waals surface area (Å²) in [5.74, 6) is -3.83. The number of aromatic hydroxyl groups is 1. The molecule has 1 aromatic rings. The summed E-state index contributed by atoms with van der Waals surface area (Å²) in [6, 6.07) is 0.576. The van der Waals surface area contributed by atoms with Crippen molar-refractivity contribution < 1.29 is 39.6 Å². The number of aliphatic hydroxyl groups excluding tert-OH is 2. The van der Waals surface area contributed by atoms with E-state index in [1.165, 1.54) is 24.3 Å². The molecule has 4 unspecified atom stereocenters. The zero-order valence-corrected chi connectivity index (χ0v) is 18.6. The topological polar surface area (TPSA) is 237 Å². The summed E-state index contributed by atoms with van der Waals surface area (Å²) in [6.45, 7) is -1.13. The number of phenols is 1. The number of nitrogens with two attached hydrogens (primary N) is 2. The molecule has 0 aliphatic rings. The average Bonchev–Trinajstić information content (AvgIpc) is 2.81. The van der Waals surface area contributed by atoms with Gasteiger partial charge in [-0.2, -0.15) is 0 Å². The van der Waals surface area contributed by atoms with E-state index in [9.17, 15) is 34.5 Å². The van der Waals surface area contributed by atoms with Crippen LogP contribution in [-0.4, -0.2) is 88.0 Å². The first-order valence-corrected chi connectivity index (χ1v) is 10.7. The van der Waals surface area contributed by atoms with Crippen LogP contribution in [0.1, 0.15) is 24.8 Å². The lowest BCUT2D eigenvalue weighted by Crippen LogP contribution is -2.58. The van der Waals surface area contributed by atoms with E-state index >= 15 is 0 Å². The Morgan fingerprint density at radius 3 is 1.91 bits per heavy atom. The van der Waals surface area contributed by atoms with Crippen molar-refractivity contribution in [2.24, 2.45) is 11.5 Å². The average molecular weight is 484 g/mol. The van der Waals surface area contributed by atoms with Crippen molar-refractivity contribution in [2.75, 3.05) is 19.8 Å². The molecule has 4 atom stereocenters. The van der Waals surface area contributed by atoms with Crippen LogP contribution in [0.5, 0.6) is 5.75 Å². The molecule has 0 fully saturated rings. The highest BCUT2D eigenvalue weighted by Gasteiger charge is 2.30. The van der Waals surface area contributed by atoms with Crippen molar-refractivity contribution in [3.8, 4) is 5.75 Å². The number of carbonyl (C=O) groups excluding carboxylic acids is 3. The molecule has 0 radical (unpaired) electrons. The maximum Gasteiger partial charge on any atom is 0.326 e. The maximum atomic E-state index is 12.9. The standard InChI is InChI=1S/C21H33N5O8/c22-8-2-1-3-15(24-20(32)17(11-28)26-18(30)14(23)10-27)19(31)25-16(21(33)34)9-12-4-6-13(29)7-5-12/h4-7,14-17,27-29H,1-3,8-11,22-23H2,(H,24,32)(H,25,31)(H,26,30)(H,33,34). The van der Waals surface area contributed by atoms with Gasteiger partial charge in [0.05, 0.1) is 13.2 Å². The van der Waals surface area contributed by atoms with Crippen molar-refractivity contribution in [3.05, 3.63) is 29.8 Å². The van der Waals surface area contributed by atoms with Crippen molar-refractivity contribution in [3.63, 3.8) is 0 Å². The van der Waals surface area contributed by atoms with Gasteiger partial charge < -0.3 is 47.8 Å². The fourth-order valence-corrected chi connectivity index (χ4v) is 2.93. The van der Waals surface area contributed by atoms with Crippen LogP contribution >= 0.6 is 0 Å². The largest absolute Gasteiger partial charge is 0.508 e. The second-order valence-corrected chi connectivity index (χ2v) is 7.65. The van der Waals surface area contributed by atoms with E-state index in [1.807, 2.05) is 0 Å². The lowest BCUT2D eigenvalue weighted by Gasteiger charge is -2.24. The number of aliphatic carboxylic acids is 1. The van der Waals surface area contributed by atoms with Gasteiger partial charge in [-0.25, -0.2) is 4.79 Å². The third-order valence-electron chi connectivity index (χ3n) is 4.92. The zero-order valence-electron chi connectivity index (χ0n) is 18.6. The van der Waals surface area contributed by atoms with Crippen molar-refractivity contribution >= 4 is 23.7 Å². The number of carbonyl (C=O) groups is 4. The molecule has 0 heterocycles. The molecule has 0 saturated carbocycles. The highest BCUT2D eigenvalue weighted by atomic mass is 16.4. The first-order valence-electron chi connectivity index (χ1n) is 10.7. The number of carboxylic acids is 1. The monoisotopic (exact) mass is 483 g/mol. The molecule has 1 rings (SSSR count). The van der Waals surface area contributed by atoms with Gasteiger partial charge in [0.15, 0.2) is 0 Å². The first-order chi connectivity index (χ1) is 16.1. The maximum absolute atomic E-state index is 12.9. The Morgan fingerprint density at radius 1 is 0.824 bits per heavy atom. The molecule has 11 N–H and O–H groups in total. The van der Waals surface area contributed by atoms with Crippen LogP contribution in [0.3, 0.4) is 0 Å². The van der Waals surface area contributed by atoms with Crippen molar-refractivity contribution in [2.45, 2.75) is 49.9 Å². The summed E-state index contributed by atoms with van der Waals surface area (Å²) in [7, 11) is 0. The van der Waals surface area contributed by atoms with Crippen molar-refractivity contribution in [1.29, 1.82) is 0 Å². The summed E-state index contributed by atoms with van der Waals surface area (Å²) in [5, 5.41) is 44.3. The smallest absolute Gasteiger partial charge is 0.326 e. The molecule has 13 heteroatoms. The molecular weight excluding hydrogens is 450 g/mol. The molecule has 0 spiro atoms. The fourth-order valence-electron chi connectivity index (χ4n) is 2.93. The number of unbranched alkanes of at least 4 members (excludes halogenated alkanes) is 1. The number of rotatable bonds is 15. The minimum atomic E-state index is -1.44. The van der Waals surface area contributed by atoms with Gasteiger partial charge in [-0.1, -0.05) is 12.1 Å². The summed E-state index contributed by atoms with van der Waals surface area (Å²) in [5.41, 5.74) is 11.4. The normalized spacial score (nSPS) is 14.4. The summed E-state index contributed by atoms with van der Waals surface area (Å²) >= 11 is 0. The molecule has 3 amide bonds. The lowest BCUT2D eigenvalue weighted by atomic mass is 10.0. The summed E-state index contributed by atoms with van der Waals surface area (Å²) < 4.78 is 0.